The molecule has 2 aromatic carbocycles. The van der Waals surface area contributed by atoms with Crippen molar-refractivity contribution < 1.29 is 4.79 Å². The van der Waals surface area contributed by atoms with E-state index in [1.807, 2.05) is 60.0 Å². The van der Waals surface area contributed by atoms with Crippen molar-refractivity contribution >= 4 is 23.4 Å². The number of amides is 1. The average molecular weight is 458 g/mol. The van der Waals surface area contributed by atoms with E-state index in [4.69, 9.17) is 0 Å². The summed E-state index contributed by atoms with van der Waals surface area (Å²) in [4.78, 5) is 16.8. The van der Waals surface area contributed by atoms with E-state index < -0.39 is 0 Å². The summed E-state index contributed by atoms with van der Waals surface area (Å²) < 4.78 is 1.97. The first-order valence-corrected chi connectivity index (χ1v) is 12.0. The second kappa shape index (κ2) is 10.4. The molecule has 0 fully saturated rings. The normalized spacial score (nSPS) is 11.8. The van der Waals surface area contributed by atoms with Crippen LogP contribution in [0.2, 0.25) is 0 Å². The zero-order valence-electron chi connectivity index (χ0n) is 19.0. The molecule has 0 aliphatic heterocycles. The van der Waals surface area contributed by atoms with Gasteiger partial charge in [-0.1, -0.05) is 55.4 Å². The van der Waals surface area contributed by atoms with E-state index in [9.17, 15) is 4.79 Å². The molecule has 0 aliphatic carbocycles. The summed E-state index contributed by atoms with van der Waals surface area (Å²) in [5, 5.41) is 12.4. The molecular weight excluding hydrogens is 430 g/mol. The van der Waals surface area contributed by atoms with Gasteiger partial charge in [0.1, 0.15) is 0 Å². The molecule has 6 nitrogen and oxygen atoms in total. The fourth-order valence-electron chi connectivity index (χ4n) is 3.43. The van der Waals surface area contributed by atoms with Crippen LogP contribution in [-0.2, 0) is 4.79 Å². The second-order valence-corrected chi connectivity index (χ2v) is 8.93. The van der Waals surface area contributed by atoms with Gasteiger partial charge in [-0.2, -0.15) is 0 Å². The first-order valence-electron chi connectivity index (χ1n) is 11.0. The van der Waals surface area contributed by atoms with Crippen molar-refractivity contribution in [2.24, 2.45) is 0 Å². The number of hydrogen-bond acceptors (Lipinski definition) is 5. The Morgan fingerprint density at radius 2 is 1.82 bits per heavy atom. The number of thioether (sulfide) groups is 1. The van der Waals surface area contributed by atoms with Crippen LogP contribution in [0, 0.1) is 6.92 Å². The maximum atomic E-state index is 12.6. The van der Waals surface area contributed by atoms with Crippen molar-refractivity contribution in [2.75, 3.05) is 11.1 Å². The fraction of sp³-hybridized carbons (Fsp3) is 0.231. The number of hydrogen-bond donors (Lipinski definition) is 1. The lowest BCUT2D eigenvalue weighted by Gasteiger charge is -2.11. The van der Waals surface area contributed by atoms with Crippen molar-refractivity contribution in [1.29, 1.82) is 0 Å². The molecule has 0 saturated heterocycles. The summed E-state index contributed by atoms with van der Waals surface area (Å²) in [6.45, 7) is 6.42. The van der Waals surface area contributed by atoms with E-state index in [-0.39, 0.29) is 11.7 Å². The van der Waals surface area contributed by atoms with Crippen LogP contribution in [0.15, 0.2) is 78.2 Å². The van der Waals surface area contributed by atoms with Crippen LogP contribution in [0.1, 0.15) is 37.3 Å². The number of nitrogens with zero attached hydrogens (tertiary/aromatic N) is 4. The van der Waals surface area contributed by atoms with Gasteiger partial charge in [-0.15, -0.1) is 10.2 Å². The molecule has 1 unspecified atom stereocenters. The van der Waals surface area contributed by atoms with E-state index in [0.29, 0.717) is 16.9 Å². The molecule has 1 atom stereocenters. The highest BCUT2D eigenvalue weighted by atomic mass is 32.2. The molecule has 7 heteroatoms. The molecule has 1 N–H and O–H groups in total. The zero-order chi connectivity index (χ0) is 23.2. The smallest absolute Gasteiger partial charge is 0.234 e. The van der Waals surface area contributed by atoms with Gasteiger partial charge in [0.25, 0.3) is 0 Å². The molecule has 4 aromatic rings. The first-order chi connectivity index (χ1) is 16.0. The maximum absolute atomic E-state index is 12.6. The molecule has 0 aliphatic rings. The summed E-state index contributed by atoms with van der Waals surface area (Å²) in [6.07, 6.45) is 4.58. The molecule has 0 bridgehead atoms. The van der Waals surface area contributed by atoms with Crippen molar-refractivity contribution in [1.82, 2.24) is 19.7 Å². The number of pyridine rings is 1. The van der Waals surface area contributed by atoms with Crippen LogP contribution >= 0.6 is 11.8 Å². The molecule has 0 spiro atoms. The van der Waals surface area contributed by atoms with Gasteiger partial charge in [0, 0.05) is 29.3 Å². The summed E-state index contributed by atoms with van der Waals surface area (Å²) in [5.41, 5.74) is 5.04. The lowest BCUT2D eigenvalue weighted by atomic mass is 9.99. The van der Waals surface area contributed by atoms with Crippen molar-refractivity contribution in [3.05, 3.63) is 84.2 Å². The van der Waals surface area contributed by atoms with Crippen LogP contribution in [0.4, 0.5) is 5.69 Å². The lowest BCUT2D eigenvalue weighted by Crippen LogP contribution is -2.14. The minimum Gasteiger partial charge on any atom is -0.325 e. The highest BCUT2D eigenvalue weighted by Crippen LogP contribution is 2.28. The Morgan fingerprint density at radius 1 is 1.06 bits per heavy atom. The quantitative estimate of drug-likeness (QED) is 0.334. The molecule has 2 heterocycles. The number of rotatable bonds is 8. The van der Waals surface area contributed by atoms with E-state index in [2.05, 4.69) is 46.5 Å². The SMILES string of the molecule is CCC(C)c1ccc(NC(=O)CSc2nnc(-c3cccnc3)n2-c2ccc(C)cc2)cc1. The Bertz CT molecular complexity index is 1200. The van der Waals surface area contributed by atoms with E-state index in [1.165, 1.54) is 22.9 Å². The number of benzene rings is 2. The van der Waals surface area contributed by atoms with Gasteiger partial charge in [0.05, 0.1) is 5.75 Å². The number of nitrogens with one attached hydrogen (secondary N) is 1. The maximum Gasteiger partial charge on any atom is 0.234 e. The number of carbonyl (C=O) groups is 1. The van der Waals surface area contributed by atoms with Gasteiger partial charge < -0.3 is 5.32 Å². The minimum absolute atomic E-state index is 0.0855. The molecular formula is C26H27N5OS. The molecule has 1 amide bonds. The number of aryl methyl sites for hydroxylation is 1. The summed E-state index contributed by atoms with van der Waals surface area (Å²) in [7, 11) is 0. The number of anilines is 1. The summed E-state index contributed by atoms with van der Waals surface area (Å²) >= 11 is 1.36. The highest BCUT2D eigenvalue weighted by Gasteiger charge is 2.17. The van der Waals surface area contributed by atoms with Crippen LogP contribution in [0.5, 0.6) is 0 Å². The van der Waals surface area contributed by atoms with Gasteiger partial charge in [0.15, 0.2) is 11.0 Å². The Hall–Kier alpha value is -3.45. The average Bonchev–Trinajstić information content (AvgIpc) is 3.28. The standard InChI is InChI=1S/C26H27N5OS/c1-4-19(3)20-9-11-22(12-10-20)28-24(32)17-33-26-30-29-25(21-6-5-15-27-16-21)31(26)23-13-7-18(2)8-14-23/h5-16,19H,4,17H2,1-3H3,(H,28,32). The lowest BCUT2D eigenvalue weighted by molar-refractivity contribution is -0.113. The third kappa shape index (κ3) is 5.49. The molecule has 168 valence electrons. The Balaban J connectivity index is 1.51. The van der Waals surface area contributed by atoms with E-state index >= 15 is 0 Å². The number of carbonyl (C=O) groups excluding carboxylic acids is 1. The second-order valence-electron chi connectivity index (χ2n) is 7.99. The fourth-order valence-corrected chi connectivity index (χ4v) is 4.18. The third-order valence-corrected chi connectivity index (χ3v) is 6.48. The molecule has 0 saturated carbocycles. The van der Waals surface area contributed by atoms with Crippen LogP contribution < -0.4 is 5.32 Å². The summed E-state index contributed by atoms with van der Waals surface area (Å²) in [5.74, 6) is 1.34. The van der Waals surface area contributed by atoms with Crippen molar-refractivity contribution in [2.45, 2.75) is 38.3 Å². The molecule has 2 aromatic heterocycles. The predicted octanol–water partition coefficient (Wildman–Crippen LogP) is 5.88. The van der Waals surface area contributed by atoms with E-state index in [1.54, 1.807) is 12.4 Å². The van der Waals surface area contributed by atoms with Crippen molar-refractivity contribution in [3.63, 3.8) is 0 Å². The molecule has 4 rings (SSSR count). The number of aromatic nitrogens is 4. The van der Waals surface area contributed by atoms with Gasteiger partial charge in [0.2, 0.25) is 5.91 Å². The first kappa shape index (κ1) is 22.7. The van der Waals surface area contributed by atoms with Gasteiger partial charge in [-0.25, -0.2) is 0 Å². The highest BCUT2D eigenvalue weighted by molar-refractivity contribution is 7.99. The summed E-state index contributed by atoms with van der Waals surface area (Å²) in [6, 6.07) is 20.0. The van der Waals surface area contributed by atoms with Crippen LogP contribution in [0.25, 0.3) is 17.1 Å². The molecule has 0 radical (unpaired) electrons. The van der Waals surface area contributed by atoms with Gasteiger partial charge in [-0.05, 0) is 61.2 Å². The van der Waals surface area contributed by atoms with Gasteiger partial charge >= 0.3 is 0 Å². The Morgan fingerprint density at radius 3 is 2.48 bits per heavy atom. The van der Waals surface area contributed by atoms with Crippen LogP contribution in [-0.4, -0.2) is 31.4 Å². The van der Waals surface area contributed by atoms with Crippen LogP contribution in [0.3, 0.4) is 0 Å². The monoisotopic (exact) mass is 457 g/mol. The van der Waals surface area contributed by atoms with Gasteiger partial charge in [-0.3, -0.25) is 14.3 Å². The Labute approximate surface area is 198 Å². The zero-order valence-corrected chi connectivity index (χ0v) is 19.8. The van der Waals surface area contributed by atoms with Crippen molar-refractivity contribution in [3.8, 4) is 17.1 Å². The third-order valence-electron chi connectivity index (χ3n) is 5.55. The van der Waals surface area contributed by atoms with E-state index in [0.717, 1.165) is 23.4 Å². The minimum atomic E-state index is -0.0855. The Kier molecular flexibility index (Phi) is 7.19. The predicted molar refractivity (Wildman–Crippen MR) is 134 cm³/mol. The largest absolute Gasteiger partial charge is 0.325 e. The topological polar surface area (TPSA) is 72.7 Å². The molecule has 33 heavy (non-hydrogen) atoms.